The summed E-state index contributed by atoms with van der Waals surface area (Å²) < 4.78 is 0. The van der Waals surface area contributed by atoms with Gasteiger partial charge in [-0.3, -0.25) is 4.98 Å². The lowest BCUT2D eigenvalue weighted by Crippen LogP contribution is -2.04. The molecule has 1 aromatic rings. The van der Waals surface area contributed by atoms with Crippen LogP contribution in [-0.4, -0.2) is 4.98 Å². The SMILES string of the molecule is Cl.N[C@@H]1CCc2ncccc21. The van der Waals surface area contributed by atoms with Crippen LogP contribution in [-0.2, 0) is 6.42 Å². The molecule has 0 spiro atoms. The molecule has 0 unspecified atom stereocenters. The van der Waals surface area contributed by atoms with Crippen molar-refractivity contribution < 1.29 is 0 Å². The van der Waals surface area contributed by atoms with Gasteiger partial charge < -0.3 is 5.73 Å². The van der Waals surface area contributed by atoms with Gasteiger partial charge in [0.2, 0.25) is 0 Å². The van der Waals surface area contributed by atoms with Crippen LogP contribution in [0.1, 0.15) is 23.7 Å². The molecule has 0 saturated heterocycles. The predicted molar refractivity (Wildman–Crippen MR) is 46.7 cm³/mol. The average molecular weight is 171 g/mol. The molecule has 1 aromatic heterocycles. The summed E-state index contributed by atoms with van der Waals surface area (Å²) in [5.74, 6) is 0. The molecule has 0 radical (unpaired) electrons. The molecule has 1 aliphatic carbocycles. The number of hydrogen-bond acceptors (Lipinski definition) is 2. The van der Waals surface area contributed by atoms with E-state index in [4.69, 9.17) is 5.73 Å². The first kappa shape index (κ1) is 8.50. The molecule has 1 atom stereocenters. The lowest BCUT2D eigenvalue weighted by Gasteiger charge is -2.00. The van der Waals surface area contributed by atoms with Crippen molar-refractivity contribution in [2.45, 2.75) is 18.9 Å². The molecule has 1 heterocycles. The first-order valence-corrected chi connectivity index (χ1v) is 3.57. The van der Waals surface area contributed by atoms with E-state index in [0.29, 0.717) is 0 Å². The Morgan fingerprint density at radius 2 is 2.36 bits per heavy atom. The summed E-state index contributed by atoms with van der Waals surface area (Å²) in [4.78, 5) is 4.23. The standard InChI is InChI=1S/C8H10N2.ClH/c9-7-3-4-8-6(7)2-1-5-10-8;/h1-2,5,7H,3-4,9H2;1H/t7-;/m1./s1. The van der Waals surface area contributed by atoms with Gasteiger partial charge in [0.15, 0.2) is 0 Å². The monoisotopic (exact) mass is 170 g/mol. The maximum absolute atomic E-state index is 5.81. The predicted octanol–water partition coefficient (Wildman–Crippen LogP) is 1.45. The van der Waals surface area contributed by atoms with Crippen LogP contribution in [0, 0.1) is 0 Å². The van der Waals surface area contributed by atoms with Gasteiger partial charge in [-0.2, -0.15) is 0 Å². The minimum atomic E-state index is 0. The lowest BCUT2D eigenvalue weighted by atomic mass is 10.2. The van der Waals surface area contributed by atoms with Gasteiger partial charge in [0.1, 0.15) is 0 Å². The van der Waals surface area contributed by atoms with E-state index >= 15 is 0 Å². The summed E-state index contributed by atoms with van der Waals surface area (Å²) >= 11 is 0. The van der Waals surface area contributed by atoms with Crippen molar-refractivity contribution in [1.82, 2.24) is 4.98 Å². The highest BCUT2D eigenvalue weighted by Gasteiger charge is 2.18. The number of rotatable bonds is 0. The summed E-state index contributed by atoms with van der Waals surface area (Å²) in [6.45, 7) is 0. The van der Waals surface area contributed by atoms with Gasteiger partial charge in [-0.15, -0.1) is 12.4 Å². The molecule has 2 nitrogen and oxygen atoms in total. The van der Waals surface area contributed by atoms with Crippen LogP contribution in [0.4, 0.5) is 0 Å². The van der Waals surface area contributed by atoms with E-state index in [-0.39, 0.29) is 18.4 Å². The van der Waals surface area contributed by atoms with Crippen molar-refractivity contribution in [3.8, 4) is 0 Å². The Morgan fingerprint density at radius 3 is 3.09 bits per heavy atom. The molecule has 2 N–H and O–H groups in total. The molecular formula is C8H11ClN2. The minimum Gasteiger partial charge on any atom is -0.324 e. The molecule has 0 aromatic carbocycles. The molecule has 0 saturated carbocycles. The number of halogens is 1. The van der Waals surface area contributed by atoms with Crippen molar-refractivity contribution in [2.75, 3.05) is 0 Å². The summed E-state index contributed by atoms with van der Waals surface area (Å²) in [6, 6.07) is 4.26. The Hall–Kier alpha value is -0.600. The van der Waals surface area contributed by atoms with Gasteiger partial charge in [0.25, 0.3) is 0 Å². The molecule has 3 heteroatoms. The van der Waals surface area contributed by atoms with E-state index in [1.54, 1.807) is 0 Å². The number of aryl methyl sites for hydroxylation is 1. The van der Waals surface area contributed by atoms with Crippen LogP contribution in [0.15, 0.2) is 18.3 Å². The van der Waals surface area contributed by atoms with E-state index in [0.717, 1.165) is 12.8 Å². The Morgan fingerprint density at radius 1 is 1.55 bits per heavy atom. The third-order valence-corrected chi connectivity index (χ3v) is 2.02. The Bertz CT molecular complexity index is 250. The average Bonchev–Trinajstić information content (AvgIpc) is 2.34. The molecule has 2 rings (SSSR count). The lowest BCUT2D eigenvalue weighted by molar-refractivity contribution is 0.712. The van der Waals surface area contributed by atoms with Crippen molar-refractivity contribution >= 4 is 12.4 Å². The number of nitrogens with two attached hydrogens (primary N) is 1. The van der Waals surface area contributed by atoms with E-state index in [1.807, 2.05) is 12.3 Å². The van der Waals surface area contributed by atoms with Crippen LogP contribution < -0.4 is 5.73 Å². The van der Waals surface area contributed by atoms with Crippen molar-refractivity contribution in [3.63, 3.8) is 0 Å². The van der Waals surface area contributed by atoms with E-state index < -0.39 is 0 Å². The van der Waals surface area contributed by atoms with Crippen molar-refractivity contribution in [1.29, 1.82) is 0 Å². The van der Waals surface area contributed by atoms with E-state index in [9.17, 15) is 0 Å². The highest BCUT2D eigenvalue weighted by Crippen LogP contribution is 2.26. The fraction of sp³-hybridized carbons (Fsp3) is 0.375. The van der Waals surface area contributed by atoms with Gasteiger partial charge in [0, 0.05) is 17.9 Å². The topological polar surface area (TPSA) is 38.9 Å². The summed E-state index contributed by atoms with van der Waals surface area (Å²) in [5.41, 5.74) is 8.23. The molecule has 0 bridgehead atoms. The summed E-state index contributed by atoms with van der Waals surface area (Å²) in [5, 5.41) is 0. The number of pyridine rings is 1. The number of aromatic nitrogens is 1. The normalized spacial score (nSPS) is 20.6. The molecule has 0 aliphatic heterocycles. The fourth-order valence-corrected chi connectivity index (χ4v) is 1.44. The molecule has 60 valence electrons. The van der Waals surface area contributed by atoms with Crippen LogP contribution in [0.2, 0.25) is 0 Å². The third-order valence-electron chi connectivity index (χ3n) is 2.02. The smallest absolute Gasteiger partial charge is 0.0451 e. The van der Waals surface area contributed by atoms with Crippen LogP contribution in [0.3, 0.4) is 0 Å². The van der Waals surface area contributed by atoms with Gasteiger partial charge in [-0.05, 0) is 24.5 Å². The van der Waals surface area contributed by atoms with Crippen molar-refractivity contribution in [3.05, 3.63) is 29.6 Å². The number of hydrogen-bond donors (Lipinski definition) is 1. The van der Waals surface area contributed by atoms with Crippen LogP contribution in [0.25, 0.3) is 0 Å². The quantitative estimate of drug-likeness (QED) is 0.640. The minimum absolute atomic E-state index is 0. The summed E-state index contributed by atoms with van der Waals surface area (Å²) in [6.07, 6.45) is 3.94. The number of fused-ring (bicyclic) bond motifs is 1. The zero-order valence-electron chi connectivity index (χ0n) is 6.16. The Labute approximate surface area is 72.2 Å². The van der Waals surface area contributed by atoms with E-state index in [2.05, 4.69) is 11.1 Å². The second-order valence-electron chi connectivity index (χ2n) is 2.68. The first-order chi connectivity index (χ1) is 4.88. The maximum Gasteiger partial charge on any atom is 0.0451 e. The Balaban J connectivity index is 0.000000605. The van der Waals surface area contributed by atoms with E-state index in [1.165, 1.54) is 11.3 Å². The second-order valence-corrected chi connectivity index (χ2v) is 2.68. The molecule has 0 fully saturated rings. The van der Waals surface area contributed by atoms with Gasteiger partial charge in [-0.25, -0.2) is 0 Å². The van der Waals surface area contributed by atoms with Crippen molar-refractivity contribution in [2.24, 2.45) is 5.73 Å². The largest absolute Gasteiger partial charge is 0.324 e. The highest BCUT2D eigenvalue weighted by atomic mass is 35.5. The summed E-state index contributed by atoms with van der Waals surface area (Å²) in [7, 11) is 0. The van der Waals surface area contributed by atoms with Crippen LogP contribution in [0.5, 0.6) is 0 Å². The zero-order valence-corrected chi connectivity index (χ0v) is 6.97. The number of nitrogens with zero attached hydrogens (tertiary/aromatic N) is 1. The fourth-order valence-electron chi connectivity index (χ4n) is 1.44. The molecule has 0 amide bonds. The third kappa shape index (κ3) is 1.37. The Kier molecular flexibility index (Phi) is 2.47. The molecule has 1 aliphatic rings. The molecule has 11 heavy (non-hydrogen) atoms. The second kappa shape index (κ2) is 3.20. The van der Waals surface area contributed by atoms with Gasteiger partial charge in [0.05, 0.1) is 0 Å². The maximum atomic E-state index is 5.81. The molecular weight excluding hydrogens is 160 g/mol. The zero-order chi connectivity index (χ0) is 6.97. The first-order valence-electron chi connectivity index (χ1n) is 3.57. The highest BCUT2D eigenvalue weighted by molar-refractivity contribution is 5.85. The van der Waals surface area contributed by atoms with Gasteiger partial charge in [-0.1, -0.05) is 6.07 Å². The van der Waals surface area contributed by atoms with Gasteiger partial charge >= 0.3 is 0 Å². The van der Waals surface area contributed by atoms with Crippen LogP contribution >= 0.6 is 12.4 Å².